The normalized spacial score (nSPS) is 11.7. The van der Waals surface area contributed by atoms with Gasteiger partial charge in [-0.05, 0) is 30.7 Å². The second-order valence-corrected chi connectivity index (χ2v) is 6.07. The summed E-state index contributed by atoms with van der Waals surface area (Å²) in [6, 6.07) is 5.58. The third kappa shape index (κ3) is 3.84. The highest BCUT2D eigenvalue weighted by molar-refractivity contribution is 7.89. The summed E-state index contributed by atoms with van der Waals surface area (Å²) in [5, 5.41) is 7.53. The summed E-state index contributed by atoms with van der Waals surface area (Å²) in [5.41, 5.74) is 0.571. The maximum Gasteiger partial charge on any atom is 0.247 e. The van der Waals surface area contributed by atoms with Gasteiger partial charge in [0.25, 0.3) is 0 Å². The van der Waals surface area contributed by atoms with Crippen molar-refractivity contribution in [1.29, 1.82) is 0 Å². The molecule has 0 saturated carbocycles. The molecule has 108 valence electrons. The maximum atomic E-state index is 12.8. The largest absolute Gasteiger partial charge is 0.419 e. The van der Waals surface area contributed by atoms with E-state index in [4.69, 9.17) is 4.42 Å². The van der Waals surface area contributed by atoms with Crippen LogP contribution in [-0.4, -0.2) is 24.4 Å². The van der Waals surface area contributed by atoms with Gasteiger partial charge in [0.2, 0.25) is 21.8 Å². The highest BCUT2D eigenvalue weighted by Crippen LogP contribution is 2.17. The number of hydrogen-bond donors (Lipinski definition) is 1. The van der Waals surface area contributed by atoms with Crippen LogP contribution in [0.25, 0.3) is 11.5 Å². The summed E-state index contributed by atoms with van der Waals surface area (Å²) in [5.74, 6) is 0.0610. The van der Waals surface area contributed by atoms with Gasteiger partial charge in [-0.25, -0.2) is 17.5 Å². The van der Waals surface area contributed by atoms with Gasteiger partial charge in [0.15, 0.2) is 0 Å². The SMILES string of the molecule is CCCS(=O)(=O)NCc1nnc(-c2ccc(F)cc2)o1. The zero-order chi connectivity index (χ0) is 14.6. The van der Waals surface area contributed by atoms with E-state index in [0.29, 0.717) is 12.0 Å². The van der Waals surface area contributed by atoms with Crippen molar-refractivity contribution in [2.75, 3.05) is 5.75 Å². The number of benzene rings is 1. The molecule has 1 aromatic carbocycles. The number of hydrogen-bond acceptors (Lipinski definition) is 5. The lowest BCUT2D eigenvalue weighted by Crippen LogP contribution is -2.25. The zero-order valence-corrected chi connectivity index (χ0v) is 11.7. The van der Waals surface area contributed by atoms with Crippen molar-refractivity contribution in [3.8, 4) is 11.5 Å². The van der Waals surface area contributed by atoms with Gasteiger partial charge in [0.1, 0.15) is 5.82 Å². The Morgan fingerprint density at radius 1 is 1.25 bits per heavy atom. The molecular weight excluding hydrogens is 285 g/mol. The summed E-state index contributed by atoms with van der Waals surface area (Å²) in [6.07, 6.45) is 0.528. The first kappa shape index (κ1) is 14.6. The second kappa shape index (κ2) is 6.10. The summed E-state index contributed by atoms with van der Waals surface area (Å²) < 4.78 is 43.4. The topological polar surface area (TPSA) is 85.1 Å². The van der Waals surface area contributed by atoms with Crippen molar-refractivity contribution >= 4 is 10.0 Å². The predicted molar refractivity (Wildman–Crippen MR) is 70.6 cm³/mol. The molecule has 0 atom stereocenters. The molecule has 0 bridgehead atoms. The van der Waals surface area contributed by atoms with Crippen LogP contribution in [0.3, 0.4) is 0 Å². The Morgan fingerprint density at radius 2 is 1.95 bits per heavy atom. The Balaban J connectivity index is 2.04. The number of sulfonamides is 1. The van der Waals surface area contributed by atoms with E-state index < -0.39 is 10.0 Å². The van der Waals surface area contributed by atoms with Crippen LogP contribution in [0.4, 0.5) is 4.39 Å². The van der Waals surface area contributed by atoms with E-state index in [1.54, 1.807) is 6.92 Å². The zero-order valence-electron chi connectivity index (χ0n) is 10.8. The number of nitrogens with one attached hydrogen (secondary N) is 1. The third-order valence-electron chi connectivity index (χ3n) is 2.47. The molecule has 0 aliphatic heterocycles. The van der Waals surface area contributed by atoms with Crippen molar-refractivity contribution in [2.24, 2.45) is 0 Å². The fourth-order valence-electron chi connectivity index (χ4n) is 1.55. The third-order valence-corrected chi connectivity index (χ3v) is 4.00. The van der Waals surface area contributed by atoms with Crippen LogP contribution in [0, 0.1) is 5.82 Å². The Kier molecular flexibility index (Phi) is 4.46. The molecule has 20 heavy (non-hydrogen) atoms. The highest BCUT2D eigenvalue weighted by Gasteiger charge is 2.12. The number of halogens is 1. The average molecular weight is 299 g/mol. The molecule has 0 spiro atoms. The highest BCUT2D eigenvalue weighted by atomic mass is 32.2. The number of aromatic nitrogens is 2. The molecular formula is C12H14FN3O3S. The van der Waals surface area contributed by atoms with E-state index in [9.17, 15) is 12.8 Å². The van der Waals surface area contributed by atoms with E-state index in [-0.39, 0.29) is 29.9 Å². The van der Waals surface area contributed by atoms with Gasteiger partial charge >= 0.3 is 0 Å². The lowest BCUT2D eigenvalue weighted by atomic mass is 10.2. The van der Waals surface area contributed by atoms with E-state index >= 15 is 0 Å². The lowest BCUT2D eigenvalue weighted by molar-refractivity contribution is 0.494. The number of nitrogens with zero attached hydrogens (tertiary/aromatic N) is 2. The van der Waals surface area contributed by atoms with Gasteiger partial charge in [-0.3, -0.25) is 0 Å². The maximum absolute atomic E-state index is 12.8. The molecule has 2 aromatic rings. The minimum atomic E-state index is -3.32. The molecule has 0 fully saturated rings. The first-order chi connectivity index (χ1) is 9.50. The molecule has 1 N–H and O–H groups in total. The second-order valence-electron chi connectivity index (χ2n) is 4.15. The summed E-state index contributed by atoms with van der Waals surface area (Å²) in [6.45, 7) is 1.72. The molecule has 1 aromatic heterocycles. The summed E-state index contributed by atoms with van der Waals surface area (Å²) >= 11 is 0. The minimum absolute atomic E-state index is 0.0476. The number of rotatable bonds is 6. The molecule has 0 amide bonds. The van der Waals surface area contributed by atoms with Gasteiger partial charge in [-0.1, -0.05) is 6.92 Å². The standard InChI is InChI=1S/C12H14FN3O3S/c1-2-7-20(17,18)14-8-11-15-16-12(19-11)9-3-5-10(13)6-4-9/h3-6,14H,2,7-8H2,1H3. The first-order valence-electron chi connectivity index (χ1n) is 6.06. The predicted octanol–water partition coefficient (Wildman–Crippen LogP) is 1.71. The molecule has 6 nitrogen and oxygen atoms in total. The average Bonchev–Trinajstić information content (AvgIpc) is 2.86. The molecule has 2 rings (SSSR count). The van der Waals surface area contributed by atoms with Crippen LogP contribution >= 0.6 is 0 Å². The smallest absolute Gasteiger partial charge is 0.247 e. The Morgan fingerprint density at radius 3 is 2.60 bits per heavy atom. The van der Waals surface area contributed by atoms with Crippen molar-refractivity contribution in [2.45, 2.75) is 19.9 Å². The molecule has 0 saturated heterocycles. The van der Waals surface area contributed by atoms with Crippen LogP contribution in [-0.2, 0) is 16.6 Å². The minimum Gasteiger partial charge on any atom is -0.419 e. The monoisotopic (exact) mass is 299 g/mol. The molecule has 0 unspecified atom stereocenters. The van der Waals surface area contributed by atoms with E-state index in [2.05, 4.69) is 14.9 Å². The van der Waals surface area contributed by atoms with Crippen molar-refractivity contribution < 1.29 is 17.2 Å². The Labute approximate surface area is 116 Å². The fourth-order valence-corrected chi connectivity index (χ4v) is 2.57. The van der Waals surface area contributed by atoms with Crippen LogP contribution < -0.4 is 4.72 Å². The van der Waals surface area contributed by atoms with E-state index in [1.807, 2.05) is 0 Å². The van der Waals surface area contributed by atoms with Gasteiger partial charge in [-0.2, -0.15) is 0 Å². The Hall–Kier alpha value is -1.80. The summed E-state index contributed by atoms with van der Waals surface area (Å²) in [7, 11) is -3.32. The van der Waals surface area contributed by atoms with Crippen LogP contribution in [0.15, 0.2) is 28.7 Å². The van der Waals surface area contributed by atoms with Crippen LogP contribution in [0.2, 0.25) is 0 Å². The fraction of sp³-hybridized carbons (Fsp3) is 0.333. The van der Waals surface area contributed by atoms with E-state index in [1.165, 1.54) is 24.3 Å². The molecule has 0 aliphatic rings. The first-order valence-corrected chi connectivity index (χ1v) is 7.71. The van der Waals surface area contributed by atoms with Gasteiger partial charge in [0, 0.05) is 5.56 Å². The van der Waals surface area contributed by atoms with Gasteiger partial charge in [-0.15, -0.1) is 10.2 Å². The lowest BCUT2D eigenvalue weighted by Gasteiger charge is -2.01. The molecule has 0 radical (unpaired) electrons. The van der Waals surface area contributed by atoms with Gasteiger partial charge < -0.3 is 4.42 Å². The summed E-state index contributed by atoms with van der Waals surface area (Å²) in [4.78, 5) is 0. The molecule has 8 heteroatoms. The van der Waals surface area contributed by atoms with Crippen molar-refractivity contribution in [1.82, 2.24) is 14.9 Å². The van der Waals surface area contributed by atoms with Crippen LogP contribution in [0.1, 0.15) is 19.2 Å². The molecule has 1 heterocycles. The molecule has 0 aliphatic carbocycles. The van der Waals surface area contributed by atoms with Gasteiger partial charge in [0.05, 0.1) is 12.3 Å². The van der Waals surface area contributed by atoms with Crippen molar-refractivity contribution in [3.05, 3.63) is 36.0 Å². The quantitative estimate of drug-likeness (QED) is 0.877. The van der Waals surface area contributed by atoms with E-state index in [0.717, 1.165) is 0 Å². The van der Waals surface area contributed by atoms with Crippen LogP contribution in [0.5, 0.6) is 0 Å². The van der Waals surface area contributed by atoms with Crippen molar-refractivity contribution in [3.63, 3.8) is 0 Å². The Bertz CT molecular complexity index is 668.